The summed E-state index contributed by atoms with van der Waals surface area (Å²) in [6.45, 7) is 8.31. The van der Waals surface area contributed by atoms with Crippen LogP contribution in [-0.2, 0) is 16.4 Å². The number of sulfone groups is 1. The van der Waals surface area contributed by atoms with Crippen LogP contribution in [0, 0.1) is 13.8 Å². The Hall–Kier alpha value is -3.17. The van der Waals surface area contributed by atoms with E-state index in [-0.39, 0.29) is 16.7 Å². The summed E-state index contributed by atoms with van der Waals surface area (Å²) < 4.78 is 36.7. The highest BCUT2D eigenvalue weighted by Gasteiger charge is 2.23. The van der Waals surface area contributed by atoms with E-state index in [1.807, 2.05) is 32.0 Å². The zero-order valence-electron chi connectivity index (χ0n) is 18.7. The molecule has 1 aromatic heterocycles. The van der Waals surface area contributed by atoms with Crippen molar-refractivity contribution in [1.29, 1.82) is 0 Å². The third-order valence-corrected chi connectivity index (χ3v) is 7.87. The lowest BCUT2D eigenvalue weighted by Crippen LogP contribution is -2.46. The molecular weight excluding hydrogens is 440 g/mol. The van der Waals surface area contributed by atoms with Gasteiger partial charge in [0.2, 0.25) is 16.6 Å². The summed E-state index contributed by atoms with van der Waals surface area (Å²) in [6.07, 6.45) is 0. The van der Waals surface area contributed by atoms with Crippen molar-refractivity contribution in [3.63, 3.8) is 0 Å². The Morgan fingerprint density at radius 3 is 2.36 bits per heavy atom. The van der Waals surface area contributed by atoms with E-state index in [1.165, 1.54) is 5.56 Å². The Morgan fingerprint density at radius 1 is 0.848 bits per heavy atom. The standard InChI is InChI=1S/C24H26N4O4S/c1-17-3-5-20(13-18(17)2)33(29,30)24-8-7-23(25-26-24)28-11-9-27(10-12-28)15-19-4-6-21-22(14-19)32-16-31-21/h3-8,13-14H,9-12,15-16H2,1-2H3. The molecule has 0 N–H and O–H groups in total. The van der Waals surface area contributed by atoms with Gasteiger partial charge < -0.3 is 14.4 Å². The maximum absolute atomic E-state index is 12.9. The van der Waals surface area contributed by atoms with Gasteiger partial charge in [0.25, 0.3) is 0 Å². The molecule has 0 amide bonds. The van der Waals surface area contributed by atoms with Gasteiger partial charge in [-0.3, -0.25) is 4.90 Å². The number of benzene rings is 2. The fourth-order valence-electron chi connectivity index (χ4n) is 4.06. The summed E-state index contributed by atoms with van der Waals surface area (Å²) in [5.74, 6) is 2.29. The van der Waals surface area contributed by atoms with Gasteiger partial charge in [-0.1, -0.05) is 12.1 Å². The molecule has 1 saturated heterocycles. The molecule has 0 saturated carbocycles. The van der Waals surface area contributed by atoms with Gasteiger partial charge in [-0.2, -0.15) is 0 Å². The van der Waals surface area contributed by atoms with Crippen molar-refractivity contribution in [2.24, 2.45) is 0 Å². The minimum atomic E-state index is -3.69. The number of piperazine rings is 1. The van der Waals surface area contributed by atoms with Crippen LogP contribution in [0.5, 0.6) is 11.5 Å². The van der Waals surface area contributed by atoms with Gasteiger partial charge in [0, 0.05) is 32.7 Å². The normalized spacial score (nSPS) is 16.2. The summed E-state index contributed by atoms with van der Waals surface area (Å²) >= 11 is 0. The minimum Gasteiger partial charge on any atom is -0.454 e. The van der Waals surface area contributed by atoms with Gasteiger partial charge in [0.1, 0.15) is 0 Å². The molecule has 2 aromatic carbocycles. The molecule has 172 valence electrons. The molecule has 0 bridgehead atoms. The molecule has 0 spiro atoms. The maximum Gasteiger partial charge on any atom is 0.231 e. The van der Waals surface area contributed by atoms with Gasteiger partial charge in [0.05, 0.1) is 4.90 Å². The van der Waals surface area contributed by atoms with Crippen LogP contribution in [0.4, 0.5) is 5.82 Å². The Bertz CT molecular complexity index is 1270. The van der Waals surface area contributed by atoms with Crippen LogP contribution in [0.1, 0.15) is 16.7 Å². The lowest BCUT2D eigenvalue weighted by Gasteiger charge is -2.35. The number of fused-ring (bicyclic) bond motifs is 1. The summed E-state index contributed by atoms with van der Waals surface area (Å²) in [5, 5.41) is 8.25. The fraction of sp³-hybridized carbons (Fsp3) is 0.333. The lowest BCUT2D eigenvalue weighted by molar-refractivity contribution is 0.174. The lowest BCUT2D eigenvalue weighted by atomic mass is 10.1. The number of hydrogen-bond acceptors (Lipinski definition) is 8. The van der Waals surface area contributed by atoms with Gasteiger partial charge in [-0.15, -0.1) is 10.2 Å². The van der Waals surface area contributed by atoms with Crippen molar-refractivity contribution in [2.45, 2.75) is 30.3 Å². The molecule has 0 unspecified atom stereocenters. The van der Waals surface area contributed by atoms with E-state index < -0.39 is 9.84 Å². The zero-order chi connectivity index (χ0) is 23.0. The molecule has 1 fully saturated rings. The van der Waals surface area contributed by atoms with E-state index in [2.05, 4.69) is 26.1 Å². The summed E-state index contributed by atoms with van der Waals surface area (Å²) in [6, 6.07) is 14.5. The highest BCUT2D eigenvalue weighted by atomic mass is 32.2. The number of hydrogen-bond donors (Lipinski definition) is 0. The molecular formula is C24H26N4O4S. The van der Waals surface area contributed by atoms with Gasteiger partial charge in [-0.05, 0) is 66.9 Å². The average Bonchev–Trinajstić information content (AvgIpc) is 3.29. The van der Waals surface area contributed by atoms with E-state index >= 15 is 0 Å². The van der Waals surface area contributed by atoms with Crippen molar-refractivity contribution < 1.29 is 17.9 Å². The van der Waals surface area contributed by atoms with Crippen LogP contribution < -0.4 is 14.4 Å². The average molecular weight is 467 g/mol. The fourth-order valence-corrected chi connectivity index (χ4v) is 5.28. The van der Waals surface area contributed by atoms with Gasteiger partial charge in [-0.25, -0.2) is 8.42 Å². The maximum atomic E-state index is 12.9. The van der Waals surface area contributed by atoms with Crippen LogP contribution in [0.3, 0.4) is 0 Å². The van der Waals surface area contributed by atoms with Gasteiger partial charge in [0.15, 0.2) is 22.3 Å². The van der Waals surface area contributed by atoms with Crippen LogP contribution in [0.15, 0.2) is 58.5 Å². The monoisotopic (exact) mass is 466 g/mol. The van der Waals surface area contributed by atoms with Crippen molar-refractivity contribution >= 4 is 15.7 Å². The van der Waals surface area contributed by atoms with E-state index in [4.69, 9.17) is 9.47 Å². The molecule has 0 aliphatic carbocycles. The number of rotatable bonds is 5. The van der Waals surface area contributed by atoms with E-state index in [0.717, 1.165) is 55.3 Å². The number of nitrogens with zero attached hydrogens (tertiary/aromatic N) is 4. The Labute approximate surface area is 193 Å². The molecule has 2 aliphatic heterocycles. The topological polar surface area (TPSA) is 84.9 Å². The zero-order valence-corrected chi connectivity index (χ0v) is 19.5. The number of anilines is 1. The molecule has 8 nitrogen and oxygen atoms in total. The smallest absolute Gasteiger partial charge is 0.231 e. The second kappa shape index (κ2) is 8.64. The first-order chi connectivity index (χ1) is 15.9. The predicted molar refractivity (Wildman–Crippen MR) is 123 cm³/mol. The number of ether oxygens (including phenoxy) is 2. The molecule has 3 aromatic rings. The molecule has 2 aliphatic rings. The number of aromatic nitrogens is 2. The molecule has 0 radical (unpaired) electrons. The van der Waals surface area contributed by atoms with Crippen molar-refractivity contribution in [2.75, 3.05) is 37.9 Å². The molecule has 3 heterocycles. The van der Waals surface area contributed by atoms with Crippen LogP contribution >= 0.6 is 0 Å². The quantitative estimate of drug-likeness (QED) is 0.568. The summed E-state index contributed by atoms with van der Waals surface area (Å²) in [7, 11) is -3.69. The Balaban J connectivity index is 1.22. The Kier molecular flexibility index (Phi) is 5.67. The third-order valence-electron chi connectivity index (χ3n) is 6.23. The number of aryl methyl sites for hydroxylation is 2. The second-order valence-electron chi connectivity index (χ2n) is 8.43. The minimum absolute atomic E-state index is 0.0315. The third kappa shape index (κ3) is 4.38. The first-order valence-corrected chi connectivity index (χ1v) is 12.4. The Morgan fingerprint density at radius 2 is 1.64 bits per heavy atom. The summed E-state index contributed by atoms with van der Waals surface area (Å²) in [4.78, 5) is 4.75. The van der Waals surface area contributed by atoms with Crippen molar-refractivity contribution in [3.8, 4) is 11.5 Å². The SMILES string of the molecule is Cc1ccc(S(=O)(=O)c2ccc(N3CCN(Cc4ccc5c(c4)OCO5)CC3)nn2)cc1C. The van der Waals surface area contributed by atoms with Crippen molar-refractivity contribution in [1.82, 2.24) is 15.1 Å². The molecule has 33 heavy (non-hydrogen) atoms. The first kappa shape index (κ1) is 21.7. The summed E-state index contributed by atoms with van der Waals surface area (Å²) in [5.41, 5.74) is 3.17. The second-order valence-corrected chi connectivity index (χ2v) is 10.3. The first-order valence-electron chi connectivity index (χ1n) is 10.9. The molecule has 5 rings (SSSR count). The predicted octanol–water partition coefficient (Wildman–Crippen LogP) is 2.98. The van der Waals surface area contributed by atoms with Crippen LogP contribution in [0.2, 0.25) is 0 Å². The van der Waals surface area contributed by atoms with Crippen molar-refractivity contribution in [3.05, 3.63) is 65.2 Å². The largest absolute Gasteiger partial charge is 0.454 e. The molecule has 0 atom stereocenters. The van der Waals surface area contributed by atoms with E-state index in [1.54, 1.807) is 24.3 Å². The molecule has 9 heteroatoms. The van der Waals surface area contributed by atoms with Gasteiger partial charge >= 0.3 is 0 Å². The van der Waals surface area contributed by atoms with Crippen LogP contribution in [0.25, 0.3) is 0 Å². The highest BCUT2D eigenvalue weighted by molar-refractivity contribution is 7.91. The van der Waals surface area contributed by atoms with E-state index in [9.17, 15) is 8.42 Å². The highest BCUT2D eigenvalue weighted by Crippen LogP contribution is 2.33. The van der Waals surface area contributed by atoms with Crippen LogP contribution in [-0.4, -0.2) is 56.5 Å². The van der Waals surface area contributed by atoms with E-state index in [0.29, 0.717) is 5.82 Å².